The molecule has 2 aliphatic carbocycles. The number of nitrogens with one attached hydrogen (secondary N) is 1. The van der Waals surface area contributed by atoms with E-state index in [9.17, 15) is 4.79 Å². The lowest BCUT2D eigenvalue weighted by Crippen LogP contribution is -2.59. The number of carbonyl (C=O) groups excluding carboxylic acids is 1. The number of aromatic nitrogens is 3. The van der Waals surface area contributed by atoms with Crippen LogP contribution in [-0.4, -0.2) is 50.9 Å². The van der Waals surface area contributed by atoms with Crippen LogP contribution in [0.5, 0.6) is 0 Å². The molecule has 3 aliphatic rings. The molecule has 150 valence electrons. The van der Waals surface area contributed by atoms with Crippen molar-refractivity contribution in [3.8, 4) is 6.07 Å². The number of amides is 1. The third kappa shape index (κ3) is 2.46. The largest absolute Gasteiger partial charge is 0.352 e. The van der Waals surface area contributed by atoms with Crippen LogP contribution < -0.4 is 4.90 Å². The van der Waals surface area contributed by atoms with E-state index >= 15 is 0 Å². The molecule has 2 saturated carbocycles. The van der Waals surface area contributed by atoms with Crippen LogP contribution >= 0.6 is 0 Å². The van der Waals surface area contributed by atoms with Gasteiger partial charge in [-0.15, -0.1) is 0 Å². The van der Waals surface area contributed by atoms with Crippen LogP contribution in [0.2, 0.25) is 0 Å². The standard InChI is InChI=1S/C23H22N6O/c24-13-16-1-3-17(4-2-16)23(8-9-23)21(30)29-12-11-28(14-22(29)6-7-22)20-18-5-10-25-19(18)26-15-27-20/h1-5,10,15H,6-9,11-12,14H2,(H,25,26,27). The number of piperazine rings is 1. The van der Waals surface area contributed by atoms with E-state index in [1.54, 1.807) is 6.33 Å². The number of aromatic amines is 1. The Balaban J connectivity index is 1.27. The van der Waals surface area contributed by atoms with E-state index in [1.807, 2.05) is 36.5 Å². The summed E-state index contributed by atoms with van der Waals surface area (Å²) in [6.07, 6.45) is 7.37. The van der Waals surface area contributed by atoms with E-state index < -0.39 is 5.41 Å². The van der Waals surface area contributed by atoms with Gasteiger partial charge in [0.2, 0.25) is 5.91 Å². The van der Waals surface area contributed by atoms with E-state index in [2.05, 4.69) is 30.8 Å². The summed E-state index contributed by atoms with van der Waals surface area (Å²) in [6, 6.07) is 11.7. The minimum atomic E-state index is -0.394. The zero-order valence-corrected chi connectivity index (χ0v) is 16.6. The fourth-order valence-electron chi connectivity index (χ4n) is 5.03. The second-order valence-corrected chi connectivity index (χ2v) is 8.81. The van der Waals surface area contributed by atoms with Crippen LogP contribution in [0.15, 0.2) is 42.9 Å². The number of anilines is 1. The van der Waals surface area contributed by atoms with Gasteiger partial charge in [-0.05, 0) is 49.4 Å². The molecule has 0 radical (unpaired) electrons. The van der Waals surface area contributed by atoms with Crippen LogP contribution in [0.1, 0.15) is 36.8 Å². The van der Waals surface area contributed by atoms with Crippen molar-refractivity contribution in [2.24, 2.45) is 0 Å². The predicted molar refractivity (Wildman–Crippen MR) is 112 cm³/mol. The third-order valence-corrected chi connectivity index (χ3v) is 7.08. The van der Waals surface area contributed by atoms with Crippen molar-refractivity contribution >= 4 is 22.8 Å². The van der Waals surface area contributed by atoms with Crippen LogP contribution in [-0.2, 0) is 10.2 Å². The number of fused-ring (bicyclic) bond motifs is 1. The average Bonchev–Trinajstić information content (AvgIpc) is 3.70. The Bertz CT molecular complexity index is 1180. The molecule has 30 heavy (non-hydrogen) atoms. The molecule has 1 spiro atoms. The Kier molecular flexibility index (Phi) is 3.52. The van der Waals surface area contributed by atoms with Crippen LogP contribution in [0.4, 0.5) is 5.82 Å². The normalized spacial score (nSPS) is 20.9. The summed E-state index contributed by atoms with van der Waals surface area (Å²) in [7, 11) is 0. The molecular weight excluding hydrogens is 376 g/mol. The Morgan fingerprint density at radius 3 is 2.57 bits per heavy atom. The van der Waals surface area contributed by atoms with Crippen molar-refractivity contribution in [1.82, 2.24) is 19.9 Å². The number of rotatable bonds is 3. The van der Waals surface area contributed by atoms with E-state index in [-0.39, 0.29) is 11.4 Å². The molecule has 0 bridgehead atoms. The summed E-state index contributed by atoms with van der Waals surface area (Å²) >= 11 is 0. The lowest BCUT2D eigenvalue weighted by molar-refractivity contribution is -0.137. The highest BCUT2D eigenvalue weighted by Gasteiger charge is 2.60. The summed E-state index contributed by atoms with van der Waals surface area (Å²) in [5.74, 6) is 1.21. The first kappa shape index (κ1) is 17.5. The SMILES string of the molecule is N#Cc1ccc(C2(C(=O)N3CCN(c4ncnc5[nH]ccc45)CC34CC4)CC2)cc1. The quantitative estimate of drug-likeness (QED) is 0.733. The summed E-state index contributed by atoms with van der Waals surface area (Å²) < 4.78 is 0. The maximum atomic E-state index is 13.7. The number of hydrogen-bond donors (Lipinski definition) is 1. The highest BCUT2D eigenvalue weighted by atomic mass is 16.2. The van der Waals surface area contributed by atoms with Crippen molar-refractivity contribution in [2.45, 2.75) is 36.6 Å². The Morgan fingerprint density at radius 1 is 1.07 bits per heavy atom. The zero-order valence-electron chi connectivity index (χ0n) is 16.6. The van der Waals surface area contributed by atoms with Gasteiger partial charge in [0.05, 0.1) is 28.0 Å². The summed E-state index contributed by atoms with van der Waals surface area (Å²) in [5, 5.41) is 10.1. The molecule has 3 fully saturated rings. The van der Waals surface area contributed by atoms with Crippen molar-refractivity contribution < 1.29 is 4.79 Å². The first-order valence-corrected chi connectivity index (χ1v) is 10.5. The van der Waals surface area contributed by atoms with E-state index in [4.69, 9.17) is 5.26 Å². The average molecular weight is 398 g/mol. The van der Waals surface area contributed by atoms with Crippen molar-refractivity contribution in [3.63, 3.8) is 0 Å². The highest BCUT2D eigenvalue weighted by Crippen LogP contribution is 2.54. The van der Waals surface area contributed by atoms with Gasteiger partial charge in [-0.3, -0.25) is 4.79 Å². The van der Waals surface area contributed by atoms with Gasteiger partial charge in [-0.2, -0.15) is 5.26 Å². The number of nitrogens with zero attached hydrogens (tertiary/aromatic N) is 5. The smallest absolute Gasteiger partial charge is 0.233 e. The highest BCUT2D eigenvalue weighted by molar-refractivity contribution is 5.93. The molecule has 3 aromatic rings. The lowest BCUT2D eigenvalue weighted by atomic mass is 9.92. The van der Waals surface area contributed by atoms with Crippen molar-refractivity contribution in [2.75, 3.05) is 24.5 Å². The Morgan fingerprint density at radius 2 is 1.87 bits per heavy atom. The fraction of sp³-hybridized carbons (Fsp3) is 0.391. The van der Waals surface area contributed by atoms with E-state index in [0.717, 1.165) is 61.2 Å². The molecule has 2 aromatic heterocycles. The molecule has 1 amide bonds. The summed E-state index contributed by atoms with van der Waals surface area (Å²) in [4.78, 5) is 30.2. The minimum Gasteiger partial charge on any atom is -0.352 e. The first-order chi connectivity index (χ1) is 14.7. The van der Waals surface area contributed by atoms with Gasteiger partial charge < -0.3 is 14.8 Å². The Hall–Kier alpha value is -3.40. The molecule has 1 aliphatic heterocycles. The zero-order chi connectivity index (χ0) is 20.3. The van der Waals surface area contributed by atoms with Crippen LogP contribution in [0, 0.1) is 11.3 Å². The van der Waals surface area contributed by atoms with Gasteiger partial charge in [0.25, 0.3) is 0 Å². The Labute approximate surface area is 174 Å². The van der Waals surface area contributed by atoms with E-state index in [0.29, 0.717) is 12.1 Å². The van der Waals surface area contributed by atoms with Crippen LogP contribution in [0.3, 0.4) is 0 Å². The summed E-state index contributed by atoms with van der Waals surface area (Å²) in [6.45, 7) is 2.31. The van der Waals surface area contributed by atoms with Crippen molar-refractivity contribution in [3.05, 3.63) is 54.0 Å². The number of nitriles is 1. The molecule has 7 nitrogen and oxygen atoms in total. The maximum Gasteiger partial charge on any atom is 0.233 e. The first-order valence-electron chi connectivity index (χ1n) is 10.5. The van der Waals surface area contributed by atoms with Gasteiger partial charge >= 0.3 is 0 Å². The van der Waals surface area contributed by atoms with E-state index in [1.165, 1.54) is 0 Å². The van der Waals surface area contributed by atoms with Gasteiger partial charge in [-0.1, -0.05) is 12.1 Å². The molecular formula is C23H22N6O. The maximum absolute atomic E-state index is 13.7. The lowest BCUT2D eigenvalue weighted by Gasteiger charge is -2.44. The molecule has 1 aromatic carbocycles. The molecule has 7 heteroatoms. The van der Waals surface area contributed by atoms with Gasteiger partial charge in [0, 0.05) is 25.8 Å². The molecule has 0 unspecified atom stereocenters. The number of benzene rings is 1. The molecule has 3 heterocycles. The molecule has 0 atom stereocenters. The fourth-order valence-corrected chi connectivity index (χ4v) is 5.03. The minimum absolute atomic E-state index is 0.0783. The number of H-pyrrole nitrogens is 1. The van der Waals surface area contributed by atoms with Gasteiger partial charge in [-0.25, -0.2) is 9.97 Å². The summed E-state index contributed by atoms with van der Waals surface area (Å²) in [5.41, 5.74) is 2.06. The molecule has 1 saturated heterocycles. The third-order valence-electron chi connectivity index (χ3n) is 7.08. The topological polar surface area (TPSA) is 88.9 Å². The van der Waals surface area contributed by atoms with Gasteiger partial charge in [0.15, 0.2) is 0 Å². The monoisotopic (exact) mass is 398 g/mol. The number of hydrogen-bond acceptors (Lipinski definition) is 5. The van der Waals surface area contributed by atoms with Crippen LogP contribution in [0.25, 0.3) is 11.0 Å². The second kappa shape index (κ2) is 6.05. The number of carbonyl (C=O) groups is 1. The molecule has 6 rings (SSSR count). The predicted octanol–water partition coefficient (Wildman–Crippen LogP) is 2.74. The second-order valence-electron chi connectivity index (χ2n) is 8.81. The van der Waals surface area contributed by atoms with Gasteiger partial charge in [0.1, 0.15) is 17.8 Å². The molecule has 1 N–H and O–H groups in total. The van der Waals surface area contributed by atoms with Crippen molar-refractivity contribution in [1.29, 1.82) is 5.26 Å².